The molecule has 126 valence electrons. The molecule has 0 saturated carbocycles. The number of halogens is 1. The van der Waals surface area contributed by atoms with Crippen molar-refractivity contribution in [1.29, 1.82) is 0 Å². The molecule has 1 aliphatic rings. The highest BCUT2D eigenvalue weighted by Crippen LogP contribution is 2.43. The number of benzene rings is 2. The Kier molecular flexibility index (Phi) is 4.20. The van der Waals surface area contributed by atoms with Gasteiger partial charge in [0.1, 0.15) is 4.91 Å². The summed E-state index contributed by atoms with van der Waals surface area (Å²) >= 11 is 6.02. The van der Waals surface area contributed by atoms with Gasteiger partial charge in [-0.2, -0.15) is 4.31 Å². The molecule has 0 bridgehead atoms. The van der Waals surface area contributed by atoms with E-state index in [2.05, 4.69) is 0 Å². The normalized spacial score (nSPS) is 19.6. The molecule has 2 aromatic carbocycles. The molecule has 6 heteroatoms. The molecule has 0 unspecified atom stereocenters. The summed E-state index contributed by atoms with van der Waals surface area (Å²) in [6, 6.07) is 16.2. The molecular weight excluding hydrogens is 344 g/mol. The van der Waals surface area contributed by atoms with E-state index in [1.165, 1.54) is 4.31 Å². The Morgan fingerprint density at radius 1 is 1.08 bits per heavy atom. The Hall–Kier alpha value is -1.82. The van der Waals surface area contributed by atoms with Gasteiger partial charge in [0.25, 0.3) is 0 Å². The minimum absolute atomic E-state index is 0.190. The van der Waals surface area contributed by atoms with Gasteiger partial charge in [-0.3, -0.25) is 0 Å². The van der Waals surface area contributed by atoms with E-state index in [-0.39, 0.29) is 11.4 Å². The second-order valence-electron chi connectivity index (χ2n) is 6.31. The zero-order valence-electron chi connectivity index (χ0n) is 13.5. The van der Waals surface area contributed by atoms with Gasteiger partial charge in [-0.15, -0.1) is 0 Å². The second-order valence-corrected chi connectivity index (χ2v) is 8.55. The van der Waals surface area contributed by atoms with Crippen molar-refractivity contribution in [3.8, 4) is 0 Å². The number of hydrogen-bond acceptors (Lipinski definition) is 3. The summed E-state index contributed by atoms with van der Waals surface area (Å²) in [6.07, 6.45) is 0. The zero-order valence-corrected chi connectivity index (χ0v) is 15.1. The molecule has 0 atom stereocenters. The Balaban J connectivity index is 2.08. The van der Waals surface area contributed by atoms with E-state index in [9.17, 15) is 8.42 Å². The van der Waals surface area contributed by atoms with Crippen LogP contribution in [-0.2, 0) is 16.6 Å². The first kappa shape index (κ1) is 17.0. The smallest absolute Gasteiger partial charge is 0.246 e. The lowest BCUT2D eigenvalue weighted by Crippen LogP contribution is -2.44. The number of sulfonamides is 1. The quantitative estimate of drug-likeness (QED) is 0.907. The Morgan fingerprint density at radius 2 is 1.75 bits per heavy atom. The van der Waals surface area contributed by atoms with Crippen molar-refractivity contribution in [3.63, 3.8) is 0 Å². The maximum atomic E-state index is 13.2. The molecule has 3 rings (SSSR count). The van der Waals surface area contributed by atoms with Gasteiger partial charge in [-0.25, -0.2) is 8.42 Å². The first-order chi connectivity index (χ1) is 11.2. The van der Waals surface area contributed by atoms with Crippen LogP contribution >= 0.6 is 11.6 Å². The molecule has 0 fully saturated rings. The van der Waals surface area contributed by atoms with Crippen molar-refractivity contribution in [2.24, 2.45) is 5.73 Å². The maximum Gasteiger partial charge on any atom is 0.246 e. The summed E-state index contributed by atoms with van der Waals surface area (Å²) in [5.41, 5.74) is 7.24. The molecule has 2 N–H and O–H groups in total. The van der Waals surface area contributed by atoms with Crippen LogP contribution in [0.2, 0.25) is 5.02 Å². The highest BCUT2D eigenvalue weighted by molar-refractivity contribution is 7.98. The van der Waals surface area contributed by atoms with E-state index in [1.807, 2.05) is 32.0 Å². The Bertz CT molecular complexity index is 906. The SMILES string of the molecule is CC1(C)C(N)=C(c2ccccc2)S(=O)(=O)N1Cc1cccc(Cl)c1. The summed E-state index contributed by atoms with van der Waals surface area (Å²) in [5.74, 6) is 0. The number of rotatable bonds is 3. The van der Waals surface area contributed by atoms with Crippen molar-refractivity contribution >= 4 is 26.5 Å². The van der Waals surface area contributed by atoms with Crippen molar-refractivity contribution in [2.45, 2.75) is 25.9 Å². The average molecular weight is 363 g/mol. The van der Waals surface area contributed by atoms with Gasteiger partial charge < -0.3 is 5.73 Å². The molecule has 2 aromatic rings. The van der Waals surface area contributed by atoms with Gasteiger partial charge >= 0.3 is 0 Å². The van der Waals surface area contributed by atoms with Crippen molar-refractivity contribution in [2.75, 3.05) is 0 Å². The lowest BCUT2D eigenvalue weighted by Gasteiger charge is -2.31. The van der Waals surface area contributed by atoms with E-state index >= 15 is 0 Å². The summed E-state index contributed by atoms with van der Waals surface area (Å²) in [5, 5.41) is 0.575. The van der Waals surface area contributed by atoms with Gasteiger partial charge in [-0.05, 0) is 37.1 Å². The third kappa shape index (κ3) is 2.73. The summed E-state index contributed by atoms with van der Waals surface area (Å²) < 4.78 is 27.8. The third-order valence-corrected chi connectivity index (χ3v) is 6.70. The topological polar surface area (TPSA) is 63.4 Å². The van der Waals surface area contributed by atoms with Crippen LogP contribution < -0.4 is 5.73 Å². The van der Waals surface area contributed by atoms with Crippen LogP contribution in [0.1, 0.15) is 25.0 Å². The molecule has 1 aliphatic heterocycles. The molecule has 0 saturated heterocycles. The van der Waals surface area contributed by atoms with Crippen LogP contribution in [-0.4, -0.2) is 18.3 Å². The van der Waals surface area contributed by atoms with Gasteiger partial charge in [0.2, 0.25) is 10.0 Å². The summed E-state index contributed by atoms with van der Waals surface area (Å²) in [4.78, 5) is 0.190. The van der Waals surface area contributed by atoms with Crippen LogP contribution in [0.15, 0.2) is 60.3 Å². The summed E-state index contributed by atoms with van der Waals surface area (Å²) in [7, 11) is -3.70. The monoisotopic (exact) mass is 362 g/mol. The van der Waals surface area contributed by atoms with Crippen LogP contribution in [0, 0.1) is 0 Å². The standard InChI is InChI=1S/C18H19ClN2O2S/c1-18(2)17(20)16(14-8-4-3-5-9-14)24(22,23)21(18)12-13-7-6-10-15(19)11-13/h3-11H,12,20H2,1-2H3. The van der Waals surface area contributed by atoms with Crippen LogP contribution in [0.4, 0.5) is 0 Å². The number of nitrogens with two attached hydrogens (primary N) is 1. The highest BCUT2D eigenvalue weighted by Gasteiger charge is 2.49. The zero-order chi connectivity index (χ0) is 17.5. The predicted octanol–water partition coefficient (Wildman–Crippen LogP) is 3.59. The van der Waals surface area contributed by atoms with Crippen LogP contribution in [0.25, 0.3) is 4.91 Å². The summed E-state index contributed by atoms with van der Waals surface area (Å²) in [6.45, 7) is 3.85. The van der Waals surface area contributed by atoms with Crippen molar-refractivity contribution < 1.29 is 8.42 Å². The van der Waals surface area contributed by atoms with Gasteiger partial charge in [0.05, 0.1) is 11.2 Å². The first-order valence-electron chi connectivity index (χ1n) is 7.57. The van der Waals surface area contributed by atoms with Crippen LogP contribution in [0.3, 0.4) is 0 Å². The first-order valence-corrected chi connectivity index (χ1v) is 9.39. The molecule has 0 amide bonds. The molecule has 0 aromatic heterocycles. The van der Waals surface area contributed by atoms with Gasteiger partial charge in [0, 0.05) is 11.6 Å². The third-order valence-electron chi connectivity index (χ3n) is 4.33. The fraction of sp³-hybridized carbons (Fsp3) is 0.222. The van der Waals surface area contributed by atoms with Crippen molar-refractivity contribution in [3.05, 3.63) is 76.4 Å². The lowest BCUT2D eigenvalue weighted by atomic mass is 9.98. The van der Waals surface area contributed by atoms with Gasteiger partial charge in [0.15, 0.2) is 0 Å². The molecule has 0 aliphatic carbocycles. The second kappa shape index (κ2) is 5.92. The van der Waals surface area contributed by atoms with Crippen molar-refractivity contribution in [1.82, 2.24) is 4.31 Å². The fourth-order valence-corrected chi connectivity index (χ4v) is 5.35. The predicted molar refractivity (Wildman–Crippen MR) is 97.5 cm³/mol. The molecule has 4 nitrogen and oxygen atoms in total. The van der Waals surface area contributed by atoms with Gasteiger partial charge in [-0.1, -0.05) is 54.1 Å². The fourth-order valence-electron chi connectivity index (χ4n) is 2.94. The van der Waals surface area contributed by atoms with E-state index in [4.69, 9.17) is 17.3 Å². The molecular formula is C18H19ClN2O2S. The Morgan fingerprint density at radius 3 is 2.38 bits per heavy atom. The Labute approximate surface area is 147 Å². The number of hydrogen-bond donors (Lipinski definition) is 1. The molecule has 0 radical (unpaired) electrons. The minimum Gasteiger partial charge on any atom is -0.399 e. The van der Waals surface area contributed by atoms with Crippen LogP contribution in [0.5, 0.6) is 0 Å². The highest BCUT2D eigenvalue weighted by atomic mass is 35.5. The van der Waals surface area contributed by atoms with E-state index in [0.717, 1.165) is 5.56 Å². The van der Waals surface area contributed by atoms with E-state index in [1.54, 1.807) is 36.4 Å². The van der Waals surface area contributed by atoms with E-state index in [0.29, 0.717) is 16.3 Å². The molecule has 24 heavy (non-hydrogen) atoms. The average Bonchev–Trinajstić information content (AvgIpc) is 2.65. The maximum absolute atomic E-state index is 13.2. The number of nitrogens with zero attached hydrogens (tertiary/aromatic N) is 1. The molecule has 1 heterocycles. The lowest BCUT2D eigenvalue weighted by molar-refractivity contribution is 0.272. The van der Waals surface area contributed by atoms with E-state index < -0.39 is 15.6 Å². The minimum atomic E-state index is -3.70. The molecule has 0 spiro atoms. The largest absolute Gasteiger partial charge is 0.399 e.